The Labute approximate surface area is 131 Å². The highest BCUT2D eigenvalue weighted by atomic mass is 16.5. The molecule has 0 atom stereocenters. The number of carbonyl (C=O) groups is 1. The van der Waals surface area contributed by atoms with Gasteiger partial charge in [-0.05, 0) is 24.3 Å². The molecule has 0 aliphatic carbocycles. The second kappa shape index (κ2) is 6.80. The van der Waals surface area contributed by atoms with Gasteiger partial charge in [-0.15, -0.1) is 0 Å². The van der Waals surface area contributed by atoms with Crippen molar-refractivity contribution in [3.63, 3.8) is 0 Å². The first-order chi connectivity index (χ1) is 11.2. The summed E-state index contributed by atoms with van der Waals surface area (Å²) >= 11 is 0. The van der Waals surface area contributed by atoms with Crippen LogP contribution >= 0.6 is 0 Å². The maximum absolute atomic E-state index is 11.7. The number of phenolic OH excluding ortho intramolecular Hbond substituents is 1. The average Bonchev–Trinajstić information content (AvgIpc) is 3.18. The molecule has 3 aromatic rings. The molecule has 0 unspecified atom stereocenters. The van der Waals surface area contributed by atoms with Crippen molar-refractivity contribution in [3.05, 3.63) is 54.4 Å². The molecule has 3 rings (SSSR count). The first-order valence-electron chi connectivity index (χ1n) is 6.87. The summed E-state index contributed by atoms with van der Waals surface area (Å²) in [5.41, 5.74) is 1.06. The van der Waals surface area contributed by atoms with Crippen LogP contribution in [0, 0.1) is 0 Å². The fourth-order valence-electron chi connectivity index (χ4n) is 1.94. The van der Waals surface area contributed by atoms with Crippen LogP contribution in [0.15, 0.2) is 57.7 Å². The van der Waals surface area contributed by atoms with Crippen LogP contribution in [0.5, 0.6) is 5.75 Å². The number of hydrogen-bond donors (Lipinski definition) is 2. The Kier molecular flexibility index (Phi) is 4.39. The molecule has 0 saturated carbocycles. The third kappa shape index (κ3) is 3.98. The molecule has 23 heavy (non-hydrogen) atoms. The summed E-state index contributed by atoms with van der Waals surface area (Å²) in [5, 5.41) is 15.8. The summed E-state index contributed by atoms with van der Waals surface area (Å²) < 4.78 is 15.6. The minimum Gasteiger partial charge on any atom is -0.508 e. The van der Waals surface area contributed by atoms with Crippen LogP contribution in [0.4, 0.5) is 5.69 Å². The molecule has 7 heteroatoms. The van der Waals surface area contributed by atoms with Crippen molar-refractivity contribution in [1.29, 1.82) is 0 Å². The van der Waals surface area contributed by atoms with Crippen LogP contribution in [-0.4, -0.2) is 22.8 Å². The predicted molar refractivity (Wildman–Crippen MR) is 80.6 cm³/mol. The molecular formula is C16H14N2O5. The molecule has 2 heterocycles. The average molecular weight is 314 g/mol. The Balaban J connectivity index is 1.47. The van der Waals surface area contributed by atoms with Crippen molar-refractivity contribution >= 4 is 11.6 Å². The van der Waals surface area contributed by atoms with Gasteiger partial charge in [0.2, 0.25) is 11.7 Å². The van der Waals surface area contributed by atoms with Gasteiger partial charge >= 0.3 is 0 Å². The lowest BCUT2D eigenvalue weighted by atomic mass is 10.3. The number of anilines is 1. The number of aromatic hydroxyl groups is 1. The third-order valence-corrected chi connectivity index (χ3v) is 2.94. The number of phenols is 1. The molecule has 2 aromatic heterocycles. The van der Waals surface area contributed by atoms with Crippen LogP contribution in [0.1, 0.15) is 5.69 Å². The van der Waals surface area contributed by atoms with Gasteiger partial charge in [0.1, 0.15) is 18.1 Å². The number of nitrogens with zero attached hydrogens (tertiary/aromatic N) is 1. The van der Waals surface area contributed by atoms with E-state index in [-0.39, 0.29) is 24.9 Å². The van der Waals surface area contributed by atoms with E-state index in [1.54, 1.807) is 36.6 Å². The smallest absolute Gasteiger partial charge is 0.250 e. The van der Waals surface area contributed by atoms with Crippen molar-refractivity contribution in [1.82, 2.24) is 5.16 Å². The van der Waals surface area contributed by atoms with Crippen molar-refractivity contribution < 1.29 is 23.6 Å². The molecule has 1 amide bonds. The largest absolute Gasteiger partial charge is 0.508 e. The van der Waals surface area contributed by atoms with E-state index in [0.717, 1.165) is 0 Å². The first kappa shape index (κ1) is 14.9. The second-order valence-electron chi connectivity index (χ2n) is 4.75. The van der Waals surface area contributed by atoms with Crippen molar-refractivity contribution in [3.8, 4) is 17.3 Å². The number of aromatic nitrogens is 1. The summed E-state index contributed by atoms with van der Waals surface area (Å²) in [6, 6.07) is 11.5. The Morgan fingerprint density at radius 2 is 2.13 bits per heavy atom. The zero-order valence-electron chi connectivity index (χ0n) is 12.1. The van der Waals surface area contributed by atoms with E-state index in [4.69, 9.17) is 13.7 Å². The SMILES string of the molecule is O=C(COCc1cc(-c2ccco2)on1)Nc1cccc(O)c1. The molecular weight excluding hydrogens is 300 g/mol. The van der Waals surface area contributed by atoms with Gasteiger partial charge in [-0.25, -0.2) is 0 Å². The highest BCUT2D eigenvalue weighted by Gasteiger charge is 2.10. The molecule has 0 bridgehead atoms. The Morgan fingerprint density at radius 3 is 2.91 bits per heavy atom. The monoisotopic (exact) mass is 314 g/mol. The topological polar surface area (TPSA) is 97.7 Å². The lowest BCUT2D eigenvalue weighted by molar-refractivity contribution is -0.121. The highest BCUT2D eigenvalue weighted by molar-refractivity contribution is 5.91. The molecule has 1 aromatic carbocycles. The van der Waals surface area contributed by atoms with E-state index in [9.17, 15) is 9.90 Å². The van der Waals surface area contributed by atoms with Crippen LogP contribution in [0.2, 0.25) is 0 Å². The normalized spacial score (nSPS) is 10.6. The summed E-state index contributed by atoms with van der Waals surface area (Å²) in [7, 11) is 0. The number of rotatable bonds is 6. The van der Waals surface area contributed by atoms with Crippen molar-refractivity contribution in [2.45, 2.75) is 6.61 Å². The summed E-state index contributed by atoms with van der Waals surface area (Å²) in [6.45, 7) is -0.00370. The Hall–Kier alpha value is -3.06. The fraction of sp³-hybridized carbons (Fsp3) is 0.125. The lowest BCUT2D eigenvalue weighted by Gasteiger charge is -2.05. The van der Waals surface area contributed by atoms with Gasteiger partial charge in [-0.2, -0.15) is 0 Å². The molecule has 118 valence electrons. The van der Waals surface area contributed by atoms with Gasteiger partial charge in [0.05, 0.1) is 12.9 Å². The van der Waals surface area contributed by atoms with Crippen molar-refractivity contribution in [2.75, 3.05) is 11.9 Å². The molecule has 0 aliphatic rings. The van der Waals surface area contributed by atoms with E-state index >= 15 is 0 Å². The third-order valence-electron chi connectivity index (χ3n) is 2.94. The van der Waals surface area contributed by atoms with Gasteiger partial charge in [0.15, 0.2) is 5.76 Å². The number of carbonyl (C=O) groups excluding carboxylic acids is 1. The number of nitrogens with one attached hydrogen (secondary N) is 1. The molecule has 0 aliphatic heterocycles. The van der Waals surface area contributed by atoms with Crippen LogP contribution in [-0.2, 0) is 16.1 Å². The molecule has 7 nitrogen and oxygen atoms in total. The van der Waals surface area contributed by atoms with Gasteiger partial charge < -0.3 is 24.1 Å². The van der Waals surface area contributed by atoms with Gasteiger partial charge in [-0.1, -0.05) is 11.2 Å². The number of amides is 1. The summed E-state index contributed by atoms with van der Waals surface area (Å²) in [5.74, 6) is 0.824. The minimum absolute atomic E-state index is 0.0803. The molecule has 0 saturated heterocycles. The summed E-state index contributed by atoms with van der Waals surface area (Å²) in [6.07, 6.45) is 1.54. The first-order valence-corrected chi connectivity index (χ1v) is 6.87. The number of ether oxygens (including phenoxy) is 1. The van der Waals surface area contributed by atoms with Gasteiger partial charge in [-0.3, -0.25) is 4.79 Å². The molecule has 2 N–H and O–H groups in total. The fourth-order valence-corrected chi connectivity index (χ4v) is 1.94. The summed E-state index contributed by atoms with van der Waals surface area (Å²) in [4.78, 5) is 11.7. The Bertz CT molecular complexity index is 779. The maximum atomic E-state index is 11.7. The quantitative estimate of drug-likeness (QED) is 0.726. The zero-order chi connectivity index (χ0) is 16.1. The van der Waals surface area contributed by atoms with E-state index in [1.165, 1.54) is 12.1 Å². The standard InChI is InChI=1S/C16H14N2O5/c19-13-4-1-3-11(7-13)17-16(20)10-21-9-12-8-15(23-18-12)14-5-2-6-22-14/h1-8,19H,9-10H2,(H,17,20). The van der Waals surface area contributed by atoms with Crippen LogP contribution < -0.4 is 5.32 Å². The van der Waals surface area contributed by atoms with E-state index in [2.05, 4.69) is 10.5 Å². The zero-order valence-corrected chi connectivity index (χ0v) is 12.1. The van der Waals surface area contributed by atoms with E-state index < -0.39 is 0 Å². The Morgan fingerprint density at radius 1 is 1.22 bits per heavy atom. The van der Waals surface area contributed by atoms with Crippen molar-refractivity contribution in [2.24, 2.45) is 0 Å². The van der Waals surface area contributed by atoms with Gasteiger partial charge in [0.25, 0.3) is 0 Å². The van der Waals surface area contributed by atoms with E-state index in [0.29, 0.717) is 22.9 Å². The molecule has 0 fully saturated rings. The maximum Gasteiger partial charge on any atom is 0.250 e. The molecule has 0 spiro atoms. The van der Waals surface area contributed by atoms with Crippen LogP contribution in [0.25, 0.3) is 11.5 Å². The number of benzene rings is 1. The van der Waals surface area contributed by atoms with Crippen LogP contribution in [0.3, 0.4) is 0 Å². The van der Waals surface area contributed by atoms with E-state index in [1.807, 2.05) is 0 Å². The number of hydrogen-bond acceptors (Lipinski definition) is 6. The predicted octanol–water partition coefficient (Wildman–Crippen LogP) is 2.80. The second-order valence-corrected chi connectivity index (χ2v) is 4.75. The van der Waals surface area contributed by atoms with Gasteiger partial charge in [0, 0.05) is 17.8 Å². The molecule has 0 radical (unpaired) electrons. The number of furan rings is 1. The lowest BCUT2D eigenvalue weighted by Crippen LogP contribution is -2.18. The minimum atomic E-state index is -0.328. The highest BCUT2D eigenvalue weighted by Crippen LogP contribution is 2.20.